The molecular weight excluding hydrogens is 196 g/mol. The fourth-order valence-electron chi connectivity index (χ4n) is 2.07. The Balaban J connectivity index is 1.71. The van der Waals surface area contributed by atoms with Crippen molar-refractivity contribution in [3.8, 4) is 0 Å². The van der Waals surface area contributed by atoms with Crippen molar-refractivity contribution in [2.45, 2.75) is 32.9 Å². The number of hydrogen-bond acceptors (Lipinski definition) is 2. The second-order valence-electron chi connectivity index (χ2n) is 4.97. The van der Waals surface area contributed by atoms with Crippen LogP contribution in [0, 0.1) is 11.8 Å². The first-order valence-corrected chi connectivity index (χ1v) is 6.28. The maximum Gasteiger partial charge on any atom is 0.0205 e. The van der Waals surface area contributed by atoms with Crippen molar-refractivity contribution in [2.24, 2.45) is 17.6 Å². The summed E-state index contributed by atoms with van der Waals surface area (Å²) in [6.45, 7) is 5.10. The first-order chi connectivity index (χ1) is 7.79. The minimum atomic E-state index is 0.631. The molecule has 1 atom stereocenters. The Labute approximate surface area is 98.2 Å². The lowest BCUT2D eigenvalue weighted by molar-refractivity contribution is 0.461. The number of hydrogen-bond donors (Lipinski definition) is 2. The third-order valence-corrected chi connectivity index (χ3v) is 3.48. The van der Waals surface area contributed by atoms with Crippen LogP contribution in [-0.2, 0) is 13.1 Å². The Bertz CT molecular complexity index is 314. The number of rotatable bonds is 6. The molecular formula is C14H22N2. The van der Waals surface area contributed by atoms with E-state index in [9.17, 15) is 0 Å². The zero-order valence-corrected chi connectivity index (χ0v) is 10.1. The highest BCUT2D eigenvalue weighted by Gasteiger charge is 2.27. The fourth-order valence-corrected chi connectivity index (χ4v) is 2.07. The number of benzene rings is 1. The predicted molar refractivity (Wildman–Crippen MR) is 67.9 cm³/mol. The molecule has 2 heteroatoms. The standard InChI is InChI=1S/C14H22N2/c1-11(14-6-7-14)9-16-10-13-4-2-12(8-15)3-5-13/h2-5,11,14,16H,6-10,15H2,1H3. The molecule has 3 N–H and O–H groups in total. The van der Waals surface area contributed by atoms with E-state index in [2.05, 4.69) is 36.5 Å². The summed E-state index contributed by atoms with van der Waals surface area (Å²) in [5.41, 5.74) is 8.12. The van der Waals surface area contributed by atoms with E-state index >= 15 is 0 Å². The second-order valence-corrected chi connectivity index (χ2v) is 4.97. The monoisotopic (exact) mass is 218 g/mol. The van der Waals surface area contributed by atoms with Gasteiger partial charge in [0.05, 0.1) is 0 Å². The average Bonchev–Trinajstić information content (AvgIpc) is 3.14. The summed E-state index contributed by atoms with van der Waals surface area (Å²) in [4.78, 5) is 0. The van der Waals surface area contributed by atoms with E-state index < -0.39 is 0 Å². The van der Waals surface area contributed by atoms with Crippen molar-refractivity contribution in [2.75, 3.05) is 6.54 Å². The molecule has 1 aromatic rings. The van der Waals surface area contributed by atoms with E-state index in [1.54, 1.807) is 0 Å². The third-order valence-electron chi connectivity index (χ3n) is 3.48. The molecule has 0 amide bonds. The van der Waals surface area contributed by atoms with Gasteiger partial charge in [0.25, 0.3) is 0 Å². The highest BCUT2D eigenvalue weighted by atomic mass is 14.9. The first kappa shape index (κ1) is 11.6. The smallest absolute Gasteiger partial charge is 0.0205 e. The first-order valence-electron chi connectivity index (χ1n) is 6.28. The van der Waals surface area contributed by atoms with Gasteiger partial charge < -0.3 is 11.1 Å². The van der Waals surface area contributed by atoms with E-state index in [0.717, 1.165) is 24.9 Å². The normalized spacial score (nSPS) is 17.4. The highest BCUT2D eigenvalue weighted by molar-refractivity contribution is 5.22. The van der Waals surface area contributed by atoms with Gasteiger partial charge in [-0.1, -0.05) is 31.2 Å². The Kier molecular flexibility index (Phi) is 3.97. The Morgan fingerprint density at radius 2 is 1.88 bits per heavy atom. The van der Waals surface area contributed by atoms with Crippen LogP contribution in [0.5, 0.6) is 0 Å². The van der Waals surface area contributed by atoms with Gasteiger partial charge in [-0.25, -0.2) is 0 Å². The van der Waals surface area contributed by atoms with Gasteiger partial charge in [0.1, 0.15) is 0 Å². The van der Waals surface area contributed by atoms with Crippen molar-refractivity contribution < 1.29 is 0 Å². The van der Waals surface area contributed by atoms with Gasteiger partial charge in [-0.3, -0.25) is 0 Å². The minimum absolute atomic E-state index is 0.631. The molecule has 1 saturated carbocycles. The van der Waals surface area contributed by atoms with Crippen LogP contribution in [0.15, 0.2) is 24.3 Å². The maximum atomic E-state index is 5.56. The Morgan fingerprint density at radius 1 is 1.25 bits per heavy atom. The molecule has 1 aliphatic rings. The molecule has 0 saturated heterocycles. The van der Waals surface area contributed by atoms with Gasteiger partial charge in [0, 0.05) is 13.1 Å². The molecule has 0 aliphatic heterocycles. The van der Waals surface area contributed by atoms with Crippen molar-refractivity contribution in [1.82, 2.24) is 5.32 Å². The molecule has 16 heavy (non-hydrogen) atoms. The molecule has 0 radical (unpaired) electrons. The van der Waals surface area contributed by atoms with Crippen LogP contribution in [0.4, 0.5) is 0 Å². The summed E-state index contributed by atoms with van der Waals surface area (Å²) in [6, 6.07) is 8.55. The molecule has 2 nitrogen and oxygen atoms in total. The molecule has 0 heterocycles. The fraction of sp³-hybridized carbons (Fsp3) is 0.571. The minimum Gasteiger partial charge on any atom is -0.326 e. The van der Waals surface area contributed by atoms with Gasteiger partial charge in [-0.05, 0) is 42.3 Å². The Hall–Kier alpha value is -0.860. The lowest BCUT2D eigenvalue weighted by Crippen LogP contribution is -2.21. The van der Waals surface area contributed by atoms with Gasteiger partial charge in [-0.15, -0.1) is 0 Å². The second kappa shape index (κ2) is 5.46. The number of nitrogens with two attached hydrogens (primary N) is 1. The Morgan fingerprint density at radius 3 is 2.44 bits per heavy atom. The topological polar surface area (TPSA) is 38.0 Å². The zero-order chi connectivity index (χ0) is 11.4. The van der Waals surface area contributed by atoms with Crippen LogP contribution in [0.25, 0.3) is 0 Å². The zero-order valence-electron chi connectivity index (χ0n) is 10.1. The van der Waals surface area contributed by atoms with Crippen LogP contribution in [0.1, 0.15) is 30.9 Å². The van der Waals surface area contributed by atoms with E-state index in [1.165, 1.54) is 24.0 Å². The van der Waals surface area contributed by atoms with Gasteiger partial charge in [0.15, 0.2) is 0 Å². The molecule has 1 fully saturated rings. The van der Waals surface area contributed by atoms with Crippen molar-refractivity contribution in [3.63, 3.8) is 0 Å². The van der Waals surface area contributed by atoms with Crippen molar-refractivity contribution >= 4 is 0 Å². The van der Waals surface area contributed by atoms with E-state index in [0.29, 0.717) is 6.54 Å². The van der Waals surface area contributed by atoms with Gasteiger partial charge in [0.2, 0.25) is 0 Å². The molecule has 2 rings (SSSR count). The van der Waals surface area contributed by atoms with E-state index in [1.807, 2.05) is 0 Å². The van der Waals surface area contributed by atoms with E-state index in [-0.39, 0.29) is 0 Å². The van der Waals surface area contributed by atoms with E-state index in [4.69, 9.17) is 5.73 Å². The van der Waals surface area contributed by atoms with Crippen LogP contribution >= 0.6 is 0 Å². The third kappa shape index (κ3) is 3.32. The van der Waals surface area contributed by atoms with Gasteiger partial charge >= 0.3 is 0 Å². The van der Waals surface area contributed by atoms with Crippen molar-refractivity contribution in [1.29, 1.82) is 0 Å². The summed E-state index contributed by atoms with van der Waals surface area (Å²) in [6.07, 6.45) is 2.88. The van der Waals surface area contributed by atoms with Gasteiger partial charge in [-0.2, -0.15) is 0 Å². The quantitative estimate of drug-likeness (QED) is 0.769. The van der Waals surface area contributed by atoms with Crippen LogP contribution in [0.3, 0.4) is 0 Å². The maximum absolute atomic E-state index is 5.56. The summed E-state index contributed by atoms with van der Waals surface area (Å²) in [7, 11) is 0. The summed E-state index contributed by atoms with van der Waals surface area (Å²) in [5, 5.41) is 3.53. The molecule has 0 aromatic heterocycles. The molecule has 88 valence electrons. The molecule has 0 spiro atoms. The summed E-state index contributed by atoms with van der Waals surface area (Å²) < 4.78 is 0. The highest BCUT2D eigenvalue weighted by Crippen LogP contribution is 2.36. The SMILES string of the molecule is CC(CNCc1ccc(CN)cc1)C1CC1. The summed E-state index contributed by atoms with van der Waals surface area (Å²) in [5.74, 6) is 1.83. The molecule has 1 aliphatic carbocycles. The van der Waals surface area contributed by atoms with Crippen LogP contribution < -0.4 is 11.1 Å². The largest absolute Gasteiger partial charge is 0.326 e. The molecule has 0 bridgehead atoms. The summed E-state index contributed by atoms with van der Waals surface area (Å²) >= 11 is 0. The van der Waals surface area contributed by atoms with Crippen molar-refractivity contribution in [3.05, 3.63) is 35.4 Å². The molecule has 1 unspecified atom stereocenters. The van der Waals surface area contributed by atoms with Crippen LogP contribution in [-0.4, -0.2) is 6.54 Å². The average molecular weight is 218 g/mol. The molecule has 1 aromatic carbocycles. The predicted octanol–water partition coefficient (Wildman–Crippen LogP) is 2.28. The number of nitrogens with one attached hydrogen (secondary N) is 1. The lowest BCUT2D eigenvalue weighted by atomic mass is 10.1. The van der Waals surface area contributed by atoms with Crippen LogP contribution in [0.2, 0.25) is 0 Å². The lowest BCUT2D eigenvalue weighted by Gasteiger charge is -2.11.